The van der Waals surface area contributed by atoms with Gasteiger partial charge in [-0.15, -0.1) is 0 Å². The van der Waals surface area contributed by atoms with Crippen molar-refractivity contribution in [2.45, 2.75) is 20.5 Å². The van der Waals surface area contributed by atoms with E-state index in [0.29, 0.717) is 0 Å². The van der Waals surface area contributed by atoms with Crippen molar-refractivity contribution in [3.05, 3.63) is 23.0 Å². The topological polar surface area (TPSA) is 54.6 Å². The number of aryl methyl sites for hydroxylation is 1. The van der Waals surface area contributed by atoms with Crippen LogP contribution in [0.4, 0.5) is 0 Å². The number of nitrogens with one attached hydrogen (secondary N) is 1. The summed E-state index contributed by atoms with van der Waals surface area (Å²) in [6.45, 7) is 3.52. The number of hydrogen-bond donors (Lipinski definition) is 2. The highest BCUT2D eigenvalue weighted by atomic mass is 16.3. The van der Waals surface area contributed by atoms with Gasteiger partial charge in [0.25, 0.3) is 0 Å². The number of rotatable bonds is 1. The molecule has 60 valence electrons. The number of H-pyrrole nitrogens is 1. The number of hydrogen-bond acceptors (Lipinski definition) is 2. The first-order valence-electron chi connectivity index (χ1n) is 3.47. The van der Waals surface area contributed by atoms with Crippen LogP contribution in [0.3, 0.4) is 0 Å². The monoisotopic (exact) mass is 154 g/mol. The van der Waals surface area contributed by atoms with Crippen LogP contribution in [-0.2, 0) is 6.61 Å². The normalized spacial score (nSPS) is 10.1. The Morgan fingerprint density at radius 1 is 1.45 bits per heavy atom. The molecule has 0 amide bonds. The van der Waals surface area contributed by atoms with Gasteiger partial charge >= 0.3 is 0 Å². The highest BCUT2D eigenvalue weighted by Gasteiger charge is 2.10. The van der Waals surface area contributed by atoms with E-state index in [1.54, 1.807) is 20.0 Å². The summed E-state index contributed by atoms with van der Waals surface area (Å²) < 4.78 is 0. The lowest BCUT2D eigenvalue weighted by Crippen LogP contribution is -2.10. The van der Waals surface area contributed by atoms with E-state index in [4.69, 9.17) is 5.11 Å². The van der Waals surface area contributed by atoms with Gasteiger partial charge in [-0.3, -0.25) is 0 Å². The Morgan fingerprint density at radius 2 is 2.09 bits per heavy atom. The Hall–Kier alpha value is -1.09. The highest BCUT2D eigenvalue weighted by Crippen LogP contribution is 2.19. The maximum atomic E-state index is 9.38. The molecule has 11 heavy (non-hydrogen) atoms. The molecule has 1 rings (SSSR count). The molecule has 0 saturated heterocycles. The summed E-state index contributed by atoms with van der Waals surface area (Å²) in [5.74, 6) is 0.233. The van der Waals surface area contributed by atoms with Crippen LogP contribution in [-0.4, -0.2) is 10.2 Å². The smallest absolute Gasteiger partial charge is 0.218 e. The van der Waals surface area contributed by atoms with Gasteiger partial charge in [0.15, 0.2) is 11.9 Å². The molecule has 0 aliphatic rings. The maximum absolute atomic E-state index is 9.38. The van der Waals surface area contributed by atoms with E-state index in [1.807, 2.05) is 0 Å². The van der Waals surface area contributed by atoms with Crippen molar-refractivity contribution in [2.24, 2.45) is 0 Å². The molecule has 0 atom stereocenters. The van der Waals surface area contributed by atoms with Crippen LogP contribution in [0.15, 0.2) is 6.20 Å². The molecule has 0 aromatic carbocycles. The predicted octanol–water partition coefficient (Wildman–Crippen LogP) is 0.315. The molecular weight excluding hydrogens is 142 g/mol. The van der Waals surface area contributed by atoms with E-state index in [2.05, 4.69) is 4.98 Å². The number of aromatic amines is 1. The van der Waals surface area contributed by atoms with Gasteiger partial charge in [-0.25, -0.2) is 4.98 Å². The van der Waals surface area contributed by atoms with Gasteiger partial charge in [0.2, 0.25) is 5.69 Å². The number of aliphatic hydroxyl groups is 1. The third-order valence-corrected chi connectivity index (χ3v) is 1.83. The number of aliphatic hydroxyl groups excluding tert-OH is 1. The summed E-state index contributed by atoms with van der Waals surface area (Å²) in [5.41, 5.74) is 2.19. The molecule has 1 aromatic heterocycles. The zero-order valence-electron chi connectivity index (χ0n) is 6.68. The van der Waals surface area contributed by atoms with Gasteiger partial charge < -0.3 is 10.2 Å². The quantitative estimate of drug-likeness (QED) is 0.612. The highest BCUT2D eigenvalue weighted by molar-refractivity contribution is 5.36. The van der Waals surface area contributed by atoms with Crippen molar-refractivity contribution in [3.8, 4) is 5.75 Å². The minimum absolute atomic E-state index is 0.0455. The first-order valence-corrected chi connectivity index (χ1v) is 3.47. The second-order valence-electron chi connectivity index (χ2n) is 2.57. The standard InChI is InChI=1S/C8H11NO2/c1-5-7(4-10)3-9-6(2)8(5)11/h3,10-11H,4H2,1-2H3/p+1. The fourth-order valence-electron chi connectivity index (χ4n) is 0.970. The molecule has 1 heterocycles. The maximum Gasteiger partial charge on any atom is 0.218 e. The minimum atomic E-state index is -0.0455. The fourth-order valence-corrected chi connectivity index (χ4v) is 0.970. The molecule has 0 aliphatic carbocycles. The Bertz CT molecular complexity index is 271. The van der Waals surface area contributed by atoms with Crippen LogP contribution in [0.25, 0.3) is 0 Å². The zero-order valence-corrected chi connectivity index (χ0v) is 6.68. The lowest BCUT2D eigenvalue weighted by atomic mass is 10.1. The summed E-state index contributed by atoms with van der Waals surface area (Å²) >= 11 is 0. The SMILES string of the molecule is Cc1[nH+]cc(CO)c(C)c1O. The summed E-state index contributed by atoms with van der Waals surface area (Å²) in [5, 5.41) is 18.2. The Labute approximate surface area is 65.3 Å². The fraction of sp³-hybridized carbons (Fsp3) is 0.375. The van der Waals surface area contributed by atoms with E-state index in [0.717, 1.165) is 16.8 Å². The van der Waals surface area contributed by atoms with E-state index in [1.165, 1.54) is 0 Å². The third-order valence-electron chi connectivity index (χ3n) is 1.83. The molecule has 1 aromatic rings. The van der Waals surface area contributed by atoms with Crippen molar-refractivity contribution in [3.63, 3.8) is 0 Å². The third kappa shape index (κ3) is 1.33. The molecule has 0 radical (unpaired) electrons. The lowest BCUT2D eigenvalue weighted by molar-refractivity contribution is -0.389. The molecule has 3 N–H and O–H groups in total. The molecule has 0 unspecified atom stereocenters. The van der Waals surface area contributed by atoms with Crippen LogP contribution >= 0.6 is 0 Å². The van der Waals surface area contributed by atoms with Gasteiger partial charge in [0.05, 0.1) is 6.61 Å². The van der Waals surface area contributed by atoms with Crippen LogP contribution in [0.5, 0.6) is 5.75 Å². The second kappa shape index (κ2) is 2.88. The largest absolute Gasteiger partial charge is 0.502 e. The predicted molar refractivity (Wildman–Crippen MR) is 40.1 cm³/mol. The first kappa shape index (κ1) is 8.01. The Morgan fingerprint density at radius 3 is 2.64 bits per heavy atom. The summed E-state index contributed by atoms with van der Waals surface area (Å²) in [6, 6.07) is 0. The molecule has 3 nitrogen and oxygen atoms in total. The van der Waals surface area contributed by atoms with E-state index in [9.17, 15) is 5.11 Å². The van der Waals surface area contributed by atoms with E-state index >= 15 is 0 Å². The molecule has 0 spiro atoms. The van der Waals surface area contributed by atoms with Crippen molar-refractivity contribution >= 4 is 0 Å². The van der Waals surface area contributed by atoms with Crippen LogP contribution in [0.2, 0.25) is 0 Å². The number of pyridine rings is 1. The van der Waals surface area contributed by atoms with Crippen LogP contribution in [0.1, 0.15) is 16.8 Å². The molecule has 0 saturated carbocycles. The number of aromatic nitrogens is 1. The lowest BCUT2D eigenvalue weighted by Gasteiger charge is -2.00. The average molecular weight is 154 g/mol. The van der Waals surface area contributed by atoms with E-state index < -0.39 is 0 Å². The van der Waals surface area contributed by atoms with Gasteiger partial charge in [0.1, 0.15) is 0 Å². The first-order chi connectivity index (χ1) is 5.16. The average Bonchev–Trinajstić information content (AvgIpc) is 2.01. The van der Waals surface area contributed by atoms with Gasteiger partial charge in [-0.1, -0.05) is 0 Å². The van der Waals surface area contributed by atoms with Crippen molar-refractivity contribution in [2.75, 3.05) is 0 Å². The summed E-state index contributed by atoms with van der Waals surface area (Å²) in [7, 11) is 0. The molecular formula is C8H12NO2+. The van der Waals surface area contributed by atoms with Crippen LogP contribution in [0, 0.1) is 13.8 Å². The molecule has 0 aliphatic heterocycles. The van der Waals surface area contributed by atoms with Gasteiger partial charge in [-0.05, 0) is 6.92 Å². The van der Waals surface area contributed by atoms with Gasteiger partial charge in [0, 0.05) is 18.1 Å². The van der Waals surface area contributed by atoms with Crippen LogP contribution < -0.4 is 4.98 Å². The van der Waals surface area contributed by atoms with Crippen molar-refractivity contribution < 1.29 is 15.2 Å². The Balaban J connectivity index is 3.25. The second-order valence-corrected chi connectivity index (χ2v) is 2.57. The Kier molecular flexibility index (Phi) is 2.10. The van der Waals surface area contributed by atoms with Crippen molar-refractivity contribution in [1.29, 1.82) is 0 Å². The van der Waals surface area contributed by atoms with Crippen molar-refractivity contribution in [1.82, 2.24) is 0 Å². The zero-order chi connectivity index (χ0) is 8.43. The number of aromatic hydroxyl groups is 1. The van der Waals surface area contributed by atoms with Gasteiger partial charge in [-0.2, -0.15) is 0 Å². The molecule has 3 heteroatoms. The minimum Gasteiger partial charge on any atom is -0.502 e. The molecule has 0 fully saturated rings. The molecule has 0 bridgehead atoms. The van der Waals surface area contributed by atoms with E-state index in [-0.39, 0.29) is 12.4 Å². The summed E-state index contributed by atoms with van der Waals surface area (Å²) in [6.07, 6.45) is 1.70. The summed E-state index contributed by atoms with van der Waals surface area (Å²) in [4.78, 5) is 2.85.